The molecule has 1 aromatic rings. The smallest absolute Gasteiger partial charge is 0.311 e. The Morgan fingerprint density at radius 3 is 2.72 bits per heavy atom. The zero-order valence-electron chi connectivity index (χ0n) is 17.6. The molecule has 5 rings (SSSR count). The average Bonchev–Trinajstić information content (AvgIpc) is 3.20. The molecule has 7 atom stereocenters. The van der Waals surface area contributed by atoms with Crippen LogP contribution in [0.2, 0.25) is 0 Å². The largest absolute Gasteiger partial charge is 0.469 e. The van der Waals surface area contributed by atoms with Crippen molar-refractivity contribution < 1.29 is 19.1 Å². The van der Waals surface area contributed by atoms with Gasteiger partial charge in [-0.15, -0.1) is 0 Å². The number of benzene rings is 1. The van der Waals surface area contributed by atoms with Crippen molar-refractivity contribution in [3.8, 4) is 0 Å². The van der Waals surface area contributed by atoms with Crippen LogP contribution in [0.25, 0.3) is 0 Å². The molecule has 7 unspecified atom stereocenters. The number of amides is 1. The van der Waals surface area contributed by atoms with E-state index < -0.39 is 0 Å². The molecular weight excluding hydrogens is 368 g/mol. The van der Waals surface area contributed by atoms with Crippen LogP contribution in [-0.4, -0.2) is 62.3 Å². The van der Waals surface area contributed by atoms with Gasteiger partial charge in [0, 0.05) is 30.0 Å². The highest BCUT2D eigenvalue weighted by Gasteiger charge is 2.67. The number of anilines is 1. The second kappa shape index (κ2) is 6.54. The Bertz CT molecular complexity index is 857. The number of ether oxygens (including phenoxy) is 2. The number of methoxy groups -OCH3 is 1. The lowest BCUT2D eigenvalue weighted by Crippen LogP contribution is -2.66. The van der Waals surface area contributed by atoms with Gasteiger partial charge in [-0.3, -0.25) is 9.59 Å². The van der Waals surface area contributed by atoms with E-state index in [0.29, 0.717) is 12.6 Å². The Labute approximate surface area is 172 Å². The van der Waals surface area contributed by atoms with Crippen LogP contribution in [0.1, 0.15) is 32.3 Å². The molecule has 1 aromatic carbocycles. The lowest BCUT2D eigenvalue weighted by atomic mass is 9.55. The number of nitrogens with zero attached hydrogens (tertiary/aromatic N) is 2. The summed E-state index contributed by atoms with van der Waals surface area (Å²) in [5.74, 6) is -0.143. The lowest BCUT2D eigenvalue weighted by molar-refractivity contribution is -0.172. The molecule has 1 amide bonds. The second-order valence-corrected chi connectivity index (χ2v) is 9.29. The van der Waals surface area contributed by atoms with Crippen molar-refractivity contribution >= 4 is 17.6 Å². The first kappa shape index (κ1) is 19.1. The summed E-state index contributed by atoms with van der Waals surface area (Å²) in [5.41, 5.74) is 2.24. The fourth-order valence-electron chi connectivity index (χ4n) is 7.19. The molecule has 1 spiro atoms. The molecule has 0 radical (unpaired) electrons. The summed E-state index contributed by atoms with van der Waals surface area (Å²) in [6.07, 6.45) is 1.80. The number of hydrogen-bond acceptors (Lipinski definition) is 5. The van der Waals surface area contributed by atoms with E-state index in [2.05, 4.69) is 30.1 Å². The Hall–Kier alpha value is -1.92. The van der Waals surface area contributed by atoms with E-state index in [9.17, 15) is 9.59 Å². The van der Waals surface area contributed by atoms with Gasteiger partial charge in [-0.1, -0.05) is 18.2 Å². The summed E-state index contributed by atoms with van der Waals surface area (Å²) in [4.78, 5) is 30.1. The van der Waals surface area contributed by atoms with Crippen LogP contribution in [0.5, 0.6) is 0 Å². The minimum absolute atomic E-state index is 0.0192. The molecule has 156 valence electrons. The summed E-state index contributed by atoms with van der Waals surface area (Å²) in [7, 11) is 3.65. The van der Waals surface area contributed by atoms with Crippen molar-refractivity contribution in [3.05, 3.63) is 29.8 Å². The molecule has 6 nitrogen and oxygen atoms in total. The molecule has 0 N–H and O–H groups in total. The Kier molecular flexibility index (Phi) is 4.30. The van der Waals surface area contributed by atoms with E-state index in [1.54, 1.807) is 6.92 Å². The Morgan fingerprint density at radius 1 is 1.24 bits per heavy atom. The number of para-hydroxylation sites is 1. The number of rotatable bonds is 1. The van der Waals surface area contributed by atoms with Gasteiger partial charge in [0.2, 0.25) is 5.91 Å². The van der Waals surface area contributed by atoms with Crippen LogP contribution in [0, 0.1) is 17.8 Å². The molecule has 3 fully saturated rings. The number of esters is 1. The highest BCUT2D eigenvalue weighted by molar-refractivity contribution is 5.96. The van der Waals surface area contributed by atoms with Gasteiger partial charge < -0.3 is 19.3 Å². The van der Waals surface area contributed by atoms with E-state index in [-0.39, 0.29) is 47.2 Å². The number of fused-ring (bicyclic) bond motifs is 3. The van der Waals surface area contributed by atoms with Gasteiger partial charge in [-0.05, 0) is 50.9 Å². The first-order chi connectivity index (χ1) is 13.9. The summed E-state index contributed by atoms with van der Waals surface area (Å²) in [5, 5.41) is 0. The van der Waals surface area contributed by atoms with Gasteiger partial charge in [0.15, 0.2) is 0 Å². The Balaban J connectivity index is 1.69. The van der Waals surface area contributed by atoms with Gasteiger partial charge in [-0.25, -0.2) is 0 Å². The molecule has 4 aliphatic rings. The molecular formula is C23H30N2O4. The van der Waals surface area contributed by atoms with Gasteiger partial charge in [0.05, 0.1) is 31.8 Å². The third kappa shape index (κ3) is 2.36. The quantitative estimate of drug-likeness (QED) is 0.679. The summed E-state index contributed by atoms with van der Waals surface area (Å²) in [6.45, 7) is 5.22. The zero-order valence-corrected chi connectivity index (χ0v) is 17.6. The Morgan fingerprint density at radius 2 is 2.00 bits per heavy atom. The number of carbonyl (C=O) groups is 2. The maximum Gasteiger partial charge on any atom is 0.311 e. The first-order valence-electron chi connectivity index (χ1n) is 10.7. The maximum atomic E-state index is 12.9. The average molecular weight is 399 g/mol. The lowest BCUT2D eigenvalue weighted by Gasteiger charge is -2.56. The predicted octanol–water partition coefficient (Wildman–Crippen LogP) is 2.21. The van der Waals surface area contributed by atoms with Gasteiger partial charge in [-0.2, -0.15) is 0 Å². The third-order valence-corrected chi connectivity index (χ3v) is 8.26. The van der Waals surface area contributed by atoms with Crippen LogP contribution in [0.4, 0.5) is 5.69 Å². The van der Waals surface area contributed by atoms with Crippen molar-refractivity contribution in [2.45, 2.75) is 50.3 Å². The minimum atomic E-state index is -0.289. The van der Waals surface area contributed by atoms with Crippen molar-refractivity contribution in [2.24, 2.45) is 17.8 Å². The molecule has 0 aromatic heterocycles. The SMILES string of the molecule is COC(=O)C1C(C)OCC2C1CC1N(C)CCC13c1ccccc1N(C(C)=O)C23. The summed E-state index contributed by atoms with van der Waals surface area (Å²) in [6, 6.07) is 8.72. The second-order valence-electron chi connectivity index (χ2n) is 9.29. The van der Waals surface area contributed by atoms with E-state index in [1.807, 2.05) is 17.9 Å². The number of hydrogen-bond donors (Lipinski definition) is 0. The standard InChI is InChI=1S/C23H30N2O4/c1-13-20(22(27)28-4)15-11-19-23(9-10-24(19)3)17-7-5-6-8-18(17)25(14(2)26)21(23)16(15)12-29-13/h5-8,13,15-16,19-21H,9-12H2,1-4H3. The fraction of sp³-hybridized carbons (Fsp3) is 0.652. The highest BCUT2D eigenvalue weighted by Crippen LogP contribution is 2.62. The zero-order chi connectivity index (χ0) is 20.5. The monoisotopic (exact) mass is 398 g/mol. The highest BCUT2D eigenvalue weighted by atomic mass is 16.5. The van der Waals surface area contributed by atoms with E-state index in [4.69, 9.17) is 9.47 Å². The van der Waals surface area contributed by atoms with Crippen LogP contribution >= 0.6 is 0 Å². The topological polar surface area (TPSA) is 59.1 Å². The minimum Gasteiger partial charge on any atom is -0.469 e. The fourth-order valence-corrected chi connectivity index (χ4v) is 7.19. The van der Waals surface area contributed by atoms with E-state index in [0.717, 1.165) is 25.1 Å². The van der Waals surface area contributed by atoms with Crippen LogP contribution in [0.3, 0.4) is 0 Å². The van der Waals surface area contributed by atoms with E-state index in [1.165, 1.54) is 12.7 Å². The van der Waals surface area contributed by atoms with Crippen LogP contribution < -0.4 is 4.90 Å². The van der Waals surface area contributed by atoms with E-state index >= 15 is 0 Å². The summed E-state index contributed by atoms with van der Waals surface area (Å²) < 4.78 is 11.3. The van der Waals surface area contributed by atoms with Crippen LogP contribution in [0.15, 0.2) is 24.3 Å². The number of likely N-dealkylation sites (tertiary alicyclic amines) is 1. The van der Waals surface area contributed by atoms with Gasteiger partial charge in [0.25, 0.3) is 0 Å². The molecule has 6 heteroatoms. The van der Waals surface area contributed by atoms with Crippen molar-refractivity contribution in [2.75, 3.05) is 32.2 Å². The predicted molar refractivity (Wildman–Crippen MR) is 109 cm³/mol. The molecule has 0 bridgehead atoms. The first-order valence-corrected chi connectivity index (χ1v) is 10.7. The number of carbonyl (C=O) groups excluding carboxylic acids is 2. The van der Waals surface area contributed by atoms with Crippen LogP contribution in [-0.2, 0) is 24.5 Å². The number of likely N-dealkylation sites (N-methyl/N-ethyl adjacent to an activating group) is 1. The normalized spacial score (nSPS) is 40.6. The maximum absolute atomic E-state index is 12.9. The molecule has 1 aliphatic carbocycles. The molecule has 3 aliphatic heterocycles. The molecule has 2 saturated heterocycles. The van der Waals surface area contributed by atoms with Crippen molar-refractivity contribution in [1.29, 1.82) is 0 Å². The molecule has 1 saturated carbocycles. The molecule has 3 heterocycles. The van der Waals surface area contributed by atoms with Gasteiger partial charge >= 0.3 is 5.97 Å². The third-order valence-electron chi connectivity index (χ3n) is 8.26. The molecule has 29 heavy (non-hydrogen) atoms. The van der Waals surface area contributed by atoms with Crippen molar-refractivity contribution in [1.82, 2.24) is 4.90 Å². The summed E-state index contributed by atoms with van der Waals surface area (Å²) >= 11 is 0. The van der Waals surface area contributed by atoms with Crippen molar-refractivity contribution in [3.63, 3.8) is 0 Å². The van der Waals surface area contributed by atoms with Gasteiger partial charge in [0.1, 0.15) is 0 Å².